The minimum atomic E-state index is 0.629. The molecule has 0 amide bonds. The van der Waals surface area contributed by atoms with Crippen molar-refractivity contribution in [2.45, 2.75) is 6.42 Å². The average molecular weight is 343 g/mol. The van der Waals surface area contributed by atoms with Crippen LogP contribution in [0.15, 0.2) is 65.5 Å². The van der Waals surface area contributed by atoms with Crippen LogP contribution >= 0.6 is 15.9 Å². The molecule has 0 aliphatic rings. The van der Waals surface area contributed by atoms with Crippen LogP contribution in [0.3, 0.4) is 0 Å². The van der Waals surface area contributed by atoms with E-state index in [9.17, 15) is 0 Å². The van der Waals surface area contributed by atoms with Crippen LogP contribution in [0, 0.1) is 0 Å². The fraction of sp³-hybridized carbons (Fsp3) is 0.118. The van der Waals surface area contributed by atoms with E-state index in [1.54, 1.807) is 6.33 Å². The third-order valence-electron chi connectivity index (χ3n) is 3.25. The van der Waals surface area contributed by atoms with Gasteiger partial charge in [0, 0.05) is 22.7 Å². The fourth-order valence-corrected chi connectivity index (χ4v) is 2.67. The highest BCUT2D eigenvalue weighted by molar-refractivity contribution is 9.10. The zero-order chi connectivity index (χ0) is 14.5. The number of aromatic amines is 1. The SMILES string of the molecule is Brc1ccccc1CCOc1ccccc1-c1c[nH]cn1. The average Bonchev–Trinajstić information content (AvgIpc) is 3.04. The van der Waals surface area contributed by atoms with Gasteiger partial charge in [0.05, 0.1) is 18.6 Å². The van der Waals surface area contributed by atoms with Crippen LogP contribution in [-0.2, 0) is 6.42 Å². The highest BCUT2D eigenvalue weighted by atomic mass is 79.9. The Morgan fingerprint density at radius 1 is 1.05 bits per heavy atom. The van der Waals surface area contributed by atoms with Crippen molar-refractivity contribution >= 4 is 15.9 Å². The van der Waals surface area contributed by atoms with Crippen LogP contribution < -0.4 is 4.74 Å². The molecule has 0 atom stereocenters. The monoisotopic (exact) mass is 342 g/mol. The van der Waals surface area contributed by atoms with Crippen molar-refractivity contribution in [1.82, 2.24) is 9.97 Å². The first-order chi connectivity index (χ1) is 10.3. The molecule has 0 fully saturated rings. The molecule has 21 heavy (non-hydrogen) atoms. The lowest BCUT2D eigenvalue weighted by Gasteiger charge is -2.10. The second-order valence-electron chi connectivity index (χ2n) is 4.64. The largest absolute Gasteiger partial charge is 0.493 e. The Morgan fingerprint density at radius 2 is 1.86 bits per heavy atom. The maximum atomic E-state index is 5.95. The van der Waals surface area contributed by atoms with Crippen LogP contribution in [0.4, 0.5) is 0 Å². The van der Waals surface area contributed by atoms with Gasteiger partial charge in [-0.3, -0.25) is 0 Å². The molecular weight excluding hydrogens is 328 g/mol. The van der Waals surface area contributed by atoms with Gasteiger partial charge in [-0.15, -0.1) is 0 Å². The van der Waals surface area contributed by atoms with E-state index in [-0.39, 0.29) is 0 Å². The van der Waals surface area contributed by atoms with E-state index in [1.807, 2.05) is 48.7 Å². The van der Waals surface area contributed by atoms with E-state index >= 15 is 0 Å². The lowest BCUT2D eigenvalue weighted by Crippen LogP contribution is -2.03. The van der Waals surface area contributed by atoms with Gasteiger partial charge in [0.15, 0.2) is 0 Å². The fourth-order valence-electron chi connectivity index (χ4n) is 2.18. The molecule has 1 aromatic heterocycles. The number of imidazole rings is 1. The summed E-state index contributed by atoms with van der Waals surface area (Å²) in [6.07, 6.45) is 4.40. The van der Waals surface area contributed by atoms with E-state index in [2.05, 4.69) is 32.0 Å². The van der Waals surface area contributed by atoms with Gasteiger partial charge >= 0.3 is 0 Å². The van der Waals surface area contributed by atoms with E-state index in [0.717, 1.165) is 27.9 Å². The molecule has 3 nitrogen and oxygen atoms in total. The number of nitrogens with zero attached hydrogens (tertiary/aromatic N) is 1. The van der Waals surface area contributed by atoms with Crippen molar-refractivity contribution in [3.8, 4) is 17.0 Å². The van der Waals surface area contributed by atoms with Crippen LogP contribution in [0.2, 0.25) is 0 Å². The first kappa shape index (κ1) is 13.9. The molecule has 0 saturated carbocycles. The molecule has 4 heteroatoms. The number of para-hydroxylation sites is 1. The topological polar surface area (TPSA) is 37.9 Å². The maximum Gasteiger partial charge on any atom is 0.128 e. The van der Waals surface area contributed by atoms with Gasteiger partial charge in [0.2, 0.25) is 0 Å². The summed E-state index contributed by atoms with van der Waals surface area (Å²) < 4.78 is 7.06. The number of ether oxygens (including phenoxy) is 1. The third-order valence-corrected chi connectivity index (χ3v) is 4.02. The van der Waals surface area contributed by atoms with E-state index < -0.39 is 0 Å². The number of aromatic nitrogens is 2. The Kier molecular flexibility index (Phi) is 4.36. The van der Waals surface area contributed by atoms with E-state index in [0.29, 0.717) is 6.61 Å². The first-order valence-electron chi connectivity index (χ1n) is 6.79. The summed E-state index contributed by atoms with van der Waals surface area (Å²) >= 11 is 3.56. The van der Waals surface area contributed by atoms with Crippen molar-refractivity contribution in [1.29, 1.82) is 0 Å². The first-order valence-corrected chi connectivity index (χ1v) is 7.58. The molecule has 3 aromatic rings. The zero-order valence-corrected chi connectivity index (χ0v) is 13.0. The summed E-state index contributed by atoms with van der Waals surface area (Å²) in [5, 5.41) is 0. The predicted octanol–water partition coefficient (Wildman–Crippen LogP) is 4.46. The standard InChI is InChI=1S/C17H15BrN2O/c18-15-7-3-1-5-13(15)9-10-21-17-8-4-2-6-14(17)16-11-19-12-20-16/h1-8,11-12H,9-10H2,(H,19,20). The van der Waals surface area contributed by atoms with Gasteiger partial charge < -0.3 is 9.72 Å². The molecule has 2 aromatic carbocycles. The number of benzene rings is 2. The Balaban J connectivity index is 1.70. The molecular formula is C17H15BrN2O. The van der Waals surface area contributed by atoms with Gasteiger partial charge in [-0.25, -0.2) is 4.98 Å². The number of hydrogen-bond acceptors (Lipinski definition) is 2. The van der Waals surface area contributed by atoms with Crippen molar-refractivity contribution in [2.24, 2.45) is 0 Å². The smallest absolute Gasteiger partial charge is 0.128 e. The zero-order valence-electron chi connectivity index (χ0n) is 11.4. The molecule has 0 aliphatic heterocycles. The number of rotatable bonds is 5. The van der Waals surface area contributed by atoms with Crippen LogP contribution in [0.25, 0.3) is 11.3 Å². The van der Waals surface area contributed by atoms with Gasteiger partial charge in [0.1, 0.15) is 5.75 Å². The lowest BCUT2D eigenvalue weighted by molar-refractivity contribution is 0.323. The predicted molar refractivity (Wildman–Crippen MR) is 87.4 cm³/mol. The van der Waals surface area contributed by atoms with Crippen LogP contribution in [0.5, 0.6) is 5.75 Å². The van der Waals surface area contributed by atoms with Crippen molar-refractivity contribution in [3.63, 3.8) is 0 Å². The summed E-state index contributed by atoms with van der Waals surface area (Å²) in [4.78, 5) is 7.26. The summed E-state index contributed by atoms with van der Waals surface area (Å²) in [5.41, 5.74) is 3.15. The number of nitrogens with one attached hydrogen (secondary N) is 1. The molecule has 0 bridgehead atoms. The second kappa shape index (κ2) is 6.59. The normalized spacial score (nSPS) is 10.5. The Bertz CT molecular complexity index is 710. The molecule has 106 valence electrons. The van der Waals surface area contributed by atoms with Crippen molar-refractivity contribution in [3.05, 3.63) is 71.1 Å². The highest BCUT2D eigenvalue weighted by Gasteiger charge is 2.07. The summed E-state index contributed by atoms with van der Waals surface area (Å²) in [7, 11) is 0. The molecule has 3 rings (SSSR count). The third kappa shape index (κ3) is 3.34. The molecule has 1 N–H and O–H groups in total. The maximum absolute atomic E-state index is 5.95. The minimum Gasteiger partial charge on any atom is -0.493 e. The molecule has 0 aliphatic carbocycles. The van der Waals surface area contributed by atoms with Crippen molar-refractivity contribution < 1.29 is 4.74 Å². The number of hydrogen-bond donors (Lipinski definition) is 1. The van der Waals surface area contributed by atoms with Gasteiger partial charge in [-0.05, 0) is 23.8 Å². The molecule has 0 unspecified atom stereocenters. The van der Waals surface area contributed by atoms with Crippen LogP contribution in [-0.4, -0.2) is 16.6 Å². The lowest BCUT2D eigenvalue weighted by atomic mass is 10.1. The van der Waals surface area contributed by atoms with E-state index in [1.165, 1.54) is 5.56 Å². The van der Waals surface area contributed by atoms with Crippen LogP contribution in [0.1, 0.15) is 5.56 Å². The Morgan fingerprint density at radius 3 is 2.67 bits per heavy atom. The van der Waals surface area contributed by atoms with Crippen molar-refractivity contribution in [2.75, 3.05) is 6.61 Å². The molecule has 1 heterocycles. The second-order valence-corrected chi connectivity index (χ2v) is 5.49. The summed E-state index contributed by atoms with van der Waals surface area (Å²) in [6, 6.07) is 16.2. The molecule has 0 spiro atoms. The minimum absolute atomic E-state index is 0.629. The quantitative estimate of drug-likeness (QED) is 0.743. The van der Waals surface area contributed by atoms with Gasteiger partial charge in [0.25, 0.3) is 0 Å². The number of halogens is 1. The van der Waals surface area contributed by atoms with E-state index in [4.69, 9.17) is 4.74 Å². The number of H-pyrrole nitrogens is 1. The molecule has 0 radical (unpaired) electrons. The summed E-state index contributed by atoms with van der Waals surface area (Å²) in [5.74, 6) is 0.858. The summed E-state index contributed by atoms with van der Waals surface area (Å²) in [6.45, 7) is 0.629. The molecule has 0 saturated heterocycles. The Labute approximate surface area is 132 Å². The van der Waals surface area contributed by atoms with Gasteiger partial charge in [-0.1, -0.05) is 46.3 Å². The Hall–Kier alpha value is -2.07. The highest BCUT2D eigenvalue weighted by Crippen LogP contribution is 2.28. The van der Waals surface area contributed by atoms with Gasteiger partial charge in [-0.2, -0.15) is 0 Å².